The van der Waals surface area contributed by atoms with E-state index in [2.05, 4.69) is 10.6 Å². The third-order valence-electron chi connectivity index (χ3n) is 5.84. The van der Waals surface area contributed by atoms with Gasteiger partial charge in [0, 0.05) is 12.2 Å². The summed E-state index contributed by atoms with van der Waals surface area (Å²) in [4.78, 5) is 53.7. The molecule has 0 spiro atoms. The molecule has 1 atom stereocenters. The second-order valence-corrected chi connectivity index (χ2v) is 8.35. The van der Waals surface area contributed by atoms with Crippen LogP contribution in [0.5, 0.6) is 5.75 Å². The SMILES string of the molecule is CCCN(CC(=O)Nc1ccccc1C)C(=O)CN1C(=O)NC(C)(c2ccc(OC)cc2)C1=O. The Morgan fingerprint density at radius 1 is 1.12 bits per heavy atom. The summed E-state index contributed by atoms with van der Waals surface area (Å²) in [5.74, 6) is -0.743. The summed E-state index contributed by atoms with van der Waals surface area (Å²) in [5, 5.41) is 5.49. The summed E-state index contributed by atoms with van der Waals surface area (Å²) in [7, 11) is 1.54. The third-order valence-corrected chi connectivity index (χ3v) is 5.84. The highest BCUT2D eigenvalue weighted by atomic mass is 16.5. The summed E-state index contributed by atoms with van der Waals surface area (Å²) in [6, 6.07) is 13.5. The van der Waals surface area contributed by atoms with Gasteiger partial charge in [0.1, 0.15) is 17.8 Å². The quantitative estimate of drug-likeness (QED) is 0.553. The second kappa shape index (κ2) is 10.4. The Morgan fingerprint density at radius 3 is 2.41 bits per heavy atom. The molecule has 1 aliphatic rings. The van der Waals surface area contributed by atoms with Crippen molar-refractivity contribution in [2.45, 2.75) is 32.7 Å². The molecule has 0 saturated carbocycles. The van der Waals surface area contributed by atoms with Gasteiger partial charge in [0.15, 0.2) is 0 Å². The van der Waals surface area contributed by atoms with Crippen molar-refractivity contribution in [2.24, 2.45) is 0 Å². The molecule has 2 aromatic carbocycles. The van der Waals surface area contributed by atoms with Crippen LogP contribution in [0.1, 0.15) is 31.4 Å². The van der Waals surface area contributed by atoms with Crippen molar-refractivity contribution in [1.82, 2.24) is 15.1 Å². The Morgan fingerprint density at radius 2 is 1.79 bits per heavy atom. The molecule has 1 unspecified atom stereocenters. The minimum absolute atomic E-state index is 0.180. The molecular formula is C25H30N4O5. The molecule has 0 radical (unpaired) electrons. The Bertz CT molecular complexity index is 1080. The van der Waals surface area contributed by atoms with Crippen LogP contribution >= 0.6 is 0 Å². The third kappa shape index (κ3) is 5.19. The Kier molecular flexibility index (Phi) is 7.55. The number of methoxy groups -OCH3 is 1. The maximum absolute atomic E-state index is 13.2. The van der Waals surface area contributed by atoms with Crippen LogP contribution in [0.15, 0.2) is 48.5 Å². The molecule has 0 aromatic heterocycles. The van der Waals surface area contributed by atoms with E-state index >= 15 is 0 Å². The molecule has 2 N–H and O–H groups in total. The number of para-hydroxylation sites is 1. The molecule has 9 heteroatoms. The van der Waals surface area contributed by atoms with E-state index in [-0.39, 0.29) is 12.5 Å². The minimum atomic E-state index is -1.30. The number of amides is 5. The smallest absolute Gasteiger partial charge is 0.325 e. The summed E-state index contributed by atoms with van der Waals surface area (Å²) in [6.07, 6.45) is 0.618. The van der Waals surface area contributed by atoms with Crippen molar-refractivity contribution in [3.05, 3.63) is 59.7 Å². The fourth-order valence-corrected chi connectivity index (χ4v) is 3.83. The van der Waals surface area contributed by atoms with E-state index < -0.39 is 29.9 Å². The lowest BCUT2D eigenvalue weighted by Gasteiger charge is -2.25. The van der Waals surface area contributed by atoms with Gasteiger partial charge in [-0.15, -0.1) is 0 Å². The van der Waals surface area contributed by atoms with Crippen molar-refractivity contribution in [3.8, 4) is 5.75 Å². The monoisotopic (exact) mass is 466 g/mol. The summed E-state index contributed by atoms with van der Waals surface area (Å²) in [5.41, 5.74) is 0.841. The standard InChI is InChI=1S/C25H30N4O5/c1-5-14-28(15-21(30)26-20-9-7-6-8-17(20)2)22(31)16-29-23(32)25(3,27-24(29)33)18-10-12-19(34-4)13-11-18/h6-13H,5,14-16H2,1-4H3,(H,26,30)(H,27,33). The fourth-order valence-electron chi connectivity index (χ4n) is 3.83. The van der Waals surface area contributed by atoms with E-state index in [0.717, 1.165) is 10.5 Å². The Labute approximate surface area is 199 Å². The second-order valence-electron chi connectivity index (χ2n) is 8.35. The number of ether oxygens (including phenoxy) is 1. The van der Waals surface area contributed by atoms with Gasteiger partial charge in [0.25, 0.3) is 5.91 Å². The van der Waals surface area contributed by atoms with E-state index in [1.54, 1.807) is 37.3 Å². The first-order valence-corrected chi connectivity index (χ1v) is 11.1. The van der Waals surface area contributed by atoms with Crippen molar-refractivity contribution in [1.29, 1.82) is 0 Å². The Hall–Kier alpha value is -3.88. The van der Waals surface area contributed by atoms with Crippen LogP contribution in [0.2, 0.25) is 0 Å². The van der Waals surface area contributed by atoms with Crippen LogP contribution in [-0.2, 0) is 19.9 Å². The van der Waals surface area contributed by atoms with Gasteiger partial charge in [-0.2, -0.15) is 0 Å². The number of aryl methyl sites for hydroxylation is 1. The normalized spacial score (nSPS) is 17.4. The van der Waals surface area contributed by atoms with Gasteiger partial charge < -0.3 is 20.3 Å². The number of imide groups is 1. The molecule has 180 valence electrons. The van der Waals surface area contributed by atoms with Gasteiger partial charge >= 0.3 is 6.03 Å². The number of carbonyl (C=O) groups is 4. The molecule has 2 aromatic rings. The van der Waals surface area contributed by atoms with Gasteiger partial charge in [-0.05, 0) is 49.6 Å². The fraction of sp³-hybridized carbons (Fsp3) is 0.360. The number of hydrogen-bond donors (Lipinski definition) is 2. The summed E-state index contributed by atoms with van der Waals surface area (Å²) < 4.78 is 5.15. The summed E-state index contributed by atoms with van der Waals surface area (Å²) >= 11 is 0. The molecule has 1 fully saturated rings. The average Bonchev–Trinajstić information content (AvgIpc) is 3.04. The maximum atomic E-state index is 13.2. The predicted octanol–water partition coefficient (Wildman–Crippen LogP) is 2.65. The Balaban J connectivity index is 1.70. The highest BCUT2D eigenvalue weighted by Crippen LogP contribution is 2.30. The molecule has 34 heavy (non-hydrogen) atoms. The largest absolute Gasteiger partial charge is 0.497 e. The van der Waals surface area contributed by atoms with E-state index in [1.165, 1.54) is 12.0 Å². The van der Waals surface area contributed by atoms with Crippen molar-refractivity contribution < 1.29 is 23.9 Å². The molecule has 5 amide bonds. The van der Waals surface area contributed by atoms with E-state index in [9.17, 15) is 19.2 Å². The molecule has 1 saturated heterocycles. The van der Waals surface area contributed by atoms with E-state index in [4.69, 9.17) is 4.74 Å². The molecule has 9 nitrogen and oxygen atoms in total. The van der Waals surface area contributed by atoms with E-state index in [1.807, 2.05) is 32.0 Å². The van der Waals surface area contributed by atoms with Crippen LogP contribution in [0, 0.1) is 6.92 Å². The zero-order valence-electron chi connectivity index (χ0n) is 19.9. The molecule has 1 aliphatic heterocycles. The molecule has 3 rings (SSSR count). The lowest BCUT2D eigenvalue weighted by molar-refractivity contribution is -0.140. The minimum Gasteiger partial charge on any atom is -0.497 e. The lowest BCUT2D eigenvalue weighted by Crippen LogP contribution is -2.46. The van der Waals surface area contributed by atoms with Crippen molar-refractivity contribution >= 4 is 29.4 Å². The topological polar surface area (TPSA) is 108 Å². The van der Waals surface area contributed by atoms with Gasteiger partial charge in [0.05, 0.1) is 13.7 Å². The zero-order chi connectivity index (χ0) is 24.9. The number of anilines is 1. The molecule has 1 heterocycles. The number of nitrogens with zero attached hydrogens (tertiary/aromatic N) is 2. The van der Waals surface area contributed by atoms with Gasteiger partial charge in [0.2, 0.25) is 11.8 Å². The number of urea groups is 1. The van der Waals surface area contributed by atoms with Crippen molar-refractivity contribution in [3.63, 3.8) is 0 Å². The lowest BCUT2D eigenvalue weighted by atomic mass is 9.92. The predicted molar refractivity (Wildman–Crippen MR) is 127 cm³/mol. The first kappa shape index (κ1) is 24.8. The first-order valence-electron chi connectivity index (χ1n) is 11.1. The maximum Gasteiger partial charge on any atom is 0.325 e. The van der Waals surface area contributed by atoms with Crippen molar-refractivity contribution in [2.75, 3.05) is 32.1 Å². The molecular weight excluding hydrogens is 436 g/mol. The molecule has 0 aliphatic carbocycles. The number of benzene rings is 2. The van der Waals surface area contributed by atoms with E-state index in [0.29, 0.717) is 30.0 Å². The van der Waals surface area contributed by atoms with Gasteiger partial charge in [-0.1, -0.05) is 37.3 Å². The van der Waals surface area contributed by atoms with Crippen LogP contribution < -0.4 is 15.4 Å². The summed E-state index contributed by atoms with van der Waals surface area (Å²) in [6.45, 7) is 5.04. The van der Waals surface area contributed by atoms with Crippen LogP contribution in [0.25, 0.3) is 0 Å². The first-order chi connectivity index (χ1) is 16.2. The van der Waals surface area contributed by atoms with Crippen LogP contribution in [0.3, 0.4) is 0 Å². The van der Waals surface area contributed by atoms with Crippen LogP contribution in [-0.4, -0.2) is 60.3 Å². The highest BCUT2D eigenvalue weighted by Gasteiger charge is 2.49. The van der Waals surface area contributed by atoms with Gasteiger partial charge in [-0.25, -0.2) is 4.79 Å². The molecule has 0 bridgehead atoms. The highest BCUT2D eigenvalue weighted by molar-refractivity contribution is 6.09. The zero-order valence-corrected chi connectivity index (χ0v) is 19.9. The number of carbonyl (C=O) groups excluding carboxylic acids is 4. The van der Waals surface area contributed by atoms with Crippen LogP contribution in [0.4, 0.5) is 10.5 Å². The number of rotatable bonds is 9. The number of hydrogen-bond acceptors (Lipinski definition) is 5. The average molecular weight is 467 g/mol. The van der Waals surface area contributed by atoms with Gasteiger partial charge in [-0.3, -0.25) is 19.3 Å². The number of nitrogens with one attached hydrogen (secondary N) is 2.